The van der Waals surface area contributed by atoms with Crippen LogP contribution in [0.5, 0.6) is 0 Å². The van der Waals surface area contributed by atoms with Crippen molar-refractivity contribution in [1.82, 2.24) is 13.7 Å². The third-order valence-electron chi connectivity index (χ3n) is 5.17. The molecule has 0 saturated heterocycles. The maximum atomic E-state index is 13.0. The minimum atomic E-state index is -3.51. The molecule has 0 N–H and O–H groups in total. The molecule has 1 aliphatic rings. The molecule has 28 heavy (non-hydrogen) atoms. The molecule has 3 aromatic rings. The van der Waals surface area contributed by atoms with Crippen molar-refractivity contribution in [3.8, 4) is 0 Å². The molecule has 8 heteroatoms. The Hall–Kier alpha value is -2.71. The number of carbonyl (C=O) groups is 1. The number of benzene rings is 1. The molecular formula is C20H22N4O3S. The Morgan fingerprint density at radius 1 is 1.18 bits per heavy atom. The molecule has 3 heterocycles. The monoisotopic (exact) mass is 398 g/mol. The van der Waals surface area contributed by atoms with E-state index >= 15 is 0 Å². The van der Waals surface area contributed by atoms with Crippen LogP contribution in [0.3, 0.4) is 0 Å². The van der Waals surface area contributed by atoms with Gasteiger partial charge in [0.2, 0.25) is 10.0 Å². The molecule has 1 aromatic carbocycles. The van der Waals surface area contributed by atoms with Gasteiger partial charge in [0.25, 0.3) is 5.91 Å². The number of sulfonamides is 1. The highest BCUT2D eigenvalue weighted by Gasteiger charge is 2.29. The van der Waals surface area contributed by atoms with Crippen LogP contribution in [0.2, 0.25) is 0 Å². The van der Waals surface area contributed by atoms with E-state index in [-0.39, 0.29) is 10.8 Å². The third kappa shape index (κ3) is 2.98. The minimum absolute atomic E-state index is 0.103. The lowest BCUT2D eigenvalue weighted by Gasteiger charge is -2.20. The molecule has 4 rings (SSSR count). The minimum Gasteiger partial charge on any atom is -0.308 e. The molecule has 1 aliphatic heterocycles. The van der Waals surface area contributed by atoms with Gasteiger partial charge in [-0.2, -0.15) is 4.31 Å². The van der Waals surface area contributed by atoms with Gasteiger partial charge in [-0.25, -0.2) is 13.4 Å². The number of carbonyl (C=O) groups excluding carboxylic acids is 1. The fourth-order valence-corrected chi connectivity index (χ4v) is 5.17. The average molecular weight is 398 g/mol. The first kappa shape index (κ1) is 18.6. The van der Waals surface area contributed by atoms with E-state index < -0.39 is 10.0 Å². The van der Waals surface area contributed by atoms with Gasteiger partial charge in [-0.05, 0) is 42.3 Å². The smallest absolute Gasteiger partial charge is 0.259 e. The second-order valence-electron chi connectivity index (χ2n) is 6.70. The fraction of sp³-hybridized carbons (Fsp3) is 0.300. The summed E-state index contributed by atoms with van der Waals surface area (Å²) in [5.74, 6) is -0.103. The summed E-state index contributed by atoms with van der Waals surface area (Å²) in [5.41, 5.74) is 3.00. The summed E-state index contributed by atoms with van der Waals surface area (Å²) in [4.78, 5) is 19.2. The zero-order valence-corrected chi connectivity index (χ0v) is 16.7. The number of imidazole rings is 1. The molecule has 1 amide bonds. The van der Waals surface area contributed by atoms with Crippen LogP contribution in [-0.4, -0.2) is 47.6 Å². The second kappa shape index (κ2) is 7.03. The lowest BCUT2D eigenvalue weighted by molar-refractivity contribution is 0.0989. The number of pyridine rings is 1. The standard InChI is InChI=1S/C20H22N4O3S/c1-3-23(4-2)28(26,27)17-6-7-18-15(13-17)9-11-24(18)20(25)16-5-8-19-21-10-12-22(19)14-16/h5-8,10,12-14H,3-4,9,11H2,1-2H3. The number of anilines is 1. The van der Waals surface area contributed by atoms with E-state index in [1.54, 1.807) is 47.8 Å². The molecule has 0 saturated carbocycles. The Morgan fingerprint density at radius 2 is 1.96 bits per heavy atom. The van der Waals surface area contributed by atoms with Gasteiger partial charge < -0.3 is 9.30 Å². The topological polar surface area (TPSA) is 75.0 Å². The molecule has 0 radical (unpaired) electrons. The van der Waals surface area contributed by atoms with Crippen molar-refractivity contribution in [2.45, 2.75) is 25.2 Å². The first-order chi connectivity index (χ1) is 13.5. The summed E-state index contributed by atoms with van der Waals surface area (Å²) in [6.07, 6.45) is 5.89. The summed E-state index contributed by atoms with van der Waals surface area (Å²) in [5, 5.41) is 0. The maximum Gasteiger partial charge on any atom is 0.259 e. The van der Waals surface area contributed by atoms with E-state index in [4.69, 9.17) is 0 Å². The molecule has 7 nitrogen and oxygen atoms in total. The summed E-state index contributed by atoms with van der Waals surface area (Å²) >= 11 is 0. The summed E-state index contributed by atoms with van der Waals surface area (Å²) in [6.45, 7) is 5.04. The van der Waals surface area contributed by atoms with Crippen molar-refractivity contribution in [2.75, 3.05) is 24.5 Å². The highest BCUT2D eigenvalue weighted by molar-refractivity contribution is 7.89. The first-order valence-electron chi connectivity index (χ1n) is 9.33. The van der Waals surface area contributed by atoms with Crippen molar-refractivity contribution < 1.29 is 13.2 Å². The summed E-state index contributed by atoms with van der Waals surface area (Å²) in [6, 6.07) is 8.62. The van der Waals surface area contributed by atoms with Crippen LogP contribution in [0.4, 0.5) is 5.69 Å². The van der Waals surface area contributed by atoms with E-state index in [0.717, 1.165) is 16.9 Å². The molecule has 0 spiro atoms. The van der Waals surface area contributed by atoms with Gasteiger partial charge in [0.05, 0.1) is 10.5 Å². The number of rotatable bonds is 5. The van der Waals surface area contributed by atoms with Crippen molar-refractivity contribution in [3.05, 3.63) is 60.0 Å². The van der Waals surface area contributed by atoms with Gasteiger partial charge in [-0.1, -0.05) is 13.8 Å². The number of fused-ring (bicyclic) bond motifs is 2. The van der Waals surface area contributed by atoms with Crippen LogP contribution >= 0.6 is 0 Å². The quantitative estimate of drug-likeness (QED) is 0.662. The summed E-state index contributed by atoms with van der Waals surface area (Å²) in [7, 11) is -3.51. The van der Waals surface area contributed by atoms with Crippen LogP contribution < -0.4 is 4.90 Å². The predicted molar refractivity (Wildman–Crippen MR) is 107 cm³/mol. The molecule has 0 aliphatic carbocycles. The van der Waals surface area contributed by atoms with E-state index in [2.05, 4.69) is 4.98 Å². The first-order valence-corrected chi connectivity index (χ1v) is 10.8. The van der Waals surface area contributed by atoms with E-state index in [9.17, 15) is 13.2 Å². The lowest BCUT2D eigenvalue weighted by atomic mass is 10.1. The van der Waals surface area contributed by atoms with Crippen molar-refractivity contribution in [2.24, 2.45) is 0 Å². The normalized spacial score (nSPS) is 14.0. The molecular weight excluding hydrogens is 376 g/mol. The molecule has 0 unspecified atom stereocenters. The Kier molecular flexibility index (Phi) is 4.68. The fourth-order valence-electron chi connectivity index (χ4n) is 3.66. The average Bonchev–Trinajstić information content (AvgIpc) is 3.33. The van der Waals surface area contributed by atoms with Crippen LogP contribution in [-0.2, 0) is 16.4 Å². The number of hydrogen-bond acceptors (Lipinski definition) is 4. The van der Waals surface area contributed by atoms with Gasteiger partial charge >= 0.3 is 0 Å². The predicted octanol–water partition coefficient (Wildman–Crippen LogP) is 2.57. The Balaban J connectivity index is 1.65. The highest BCUT2D eigenvalue weighted by Crippen LogP contribution is 2.32. The van der Waals surface area contributed by atoms with Crippen molar-refractivity contribution in [1.29, 1.82) is 0 Å². The van der Waals surface area contributed by atoms with Gasteiger partial charge in [0, 0.05) is 43.9 Å². The van der Waals surface area contributed by atoms with E-state index in [0.29, 0.717) is 31.6 Å². The Morgan fingerprint density at radius 3 is 2.71 bits per heavy atom. The van der Waals surface area contributed by atoms with Crippen LogP contribution in [0.1, 0.15) is 29.8 Å². The Labute approximate surface area is 164 Å². The van der Waals surface area contributed by atoms with Crippen LogP contribution in [0.25, 0.3) is 5.65 Å². The van der Waals surface area contributed by atoms with Gasteiger partial charge in [-0.15, -0.1) is 0 Å². The van der Waals surface area contributed by atoms with Crippen molar-refractivity contribution in [3.63, 3.8) is 0 Å². The number of amides is 1. The zero-order chi connectivity index (χ0) is 19.9. The van der Waals surface area contributed by atoms with Crippen LogP contribution in [0, 0.1) is 0 Å². The summed E-state index contributed by atoms with van der Waals surface area (Å²) < 4.78 is 28.8. The molecule has 0 bridgehead atoms. The number of nitrogens with zero attached hydrogens (tertiary/aromatic N) is 4. The second-order valence-corrected chi connectivity index (χ2v) is 8.64. The molecule has 0 fully saturated rings. The Bertz CT molecular complexity index is 1150. The molecule has 0 atom stereocenters. The maximum absolute atomic E-state index is 13.0. The van der Waals surface area contributed by atoms with Crippen LogP contribution in [0.15, 0.2) is 53.8 Å². The van der Waals surface area contributed by atoms with E-state index in [1.165, 1.54) is 4.31 Å². The van der Waals surface area contributed by atoms with Gasteiger partial charge in [-0.3, -0.25) is 4.79 Å². The van der Waals surface area contributed by atoms with E-state index in [1.807, 2.05) is 24.3 Å². The number of hydrogen-bond donors (Lipinski definition) is 0. The zero-order valence-electron chi connectivity index (χ0n) is 15.9. The van der Waals surface area contributed by atoms with Gasteiger partial charge in [0.1, 0.15) is 5.65 Å². The highest BCUT2D eigenvalue weighted by atomic mass is 32.2. The molecule has 2 aromatic heterocycles. The third-order valence-corrected chi connectivity index (χ3v) is 7.22. The SMILES string of the molecule is CCN(CC)S(=O)(=O)c1ccc2c(c1)CCN2C(=O)c1ccc2nccn2c1. The van der Waals surface area contributed by atoms with Crippen molar-refractivity contribution >= 4 is 27.3 Å². The largest absolute Gasteiger partial charge is 0.308 e. The molecule has 146 valence electrons. The number of aromatic nitrogens is 2. The van der Waals surface area contributed by atoms with Gasteiger partial charge in [0.15, 0.2) is 0 Å². The lowest BCUT2D eigenvalue weighted by Crippen LogP contribution is -2.30.